The lowest BCUT2D eigenvalue weighted by Crippen LogP contribution is -2.53. The fourth-order valence-electron chi connectivity index (χ4n) is 6.79. The highest BCUT2D eigenvalue weighted by Gasteiger charge is 2.54. The van der Waals surface area contributed by atoms with Crippen LogP contribution >= 0.6 is 0 Å². The van der Waals surface area contributed by atoms with Crippen molar-refractivity contribution in [2.24, 2.45) is 21.7 Å². The number of carboxylic acid groups (broad SMARTS) is 1. The van der Waals surface area contributed by atoms with Gasteiger partial charge in [0.1, 0.15) is 5.66 Å². The van der Waals surface area contributed by atoms with E-state index < -0.39 is 11.6 Å². The van der Waals surface area contributed by atoms with Crippen molar-refractivity contribution < 1.29 is 14.7 Å². The molecule has 2 heterocycles. The molecule has 1 N–H and O–H groups in total. The highest BCUT2D eigenvalue weighted by atomic mass is 16.4. The van der Waals surface area contributed by atoms with Gasteiger partial charge in [0.15, 0.2) is 5.84 Å². The number of hydrogen-bond acceptors (Lipinski definition) is 4. The van der Waals surface area contributed by atoms with E-state index in [9.17, 15) is 14.7 Å². The Morgan fingerprint density at radius 2 is 1.68 bits per heavy atom. The van der Waals surface area contributed by atoms with Crippen molar-refractivity contribution in [3.05, 3.63) is 35.4 Å². The molecule has 4 rings (SSSR count). The monoisotopic (exact) mass is 523 g/mol. The Balaban J connectivity index is 1.76. The van der Waals surface area contributed by atoms with E-state index in [2.05, 4.69) is 58.3 Å². The maximum absolute atomic E-state index is 14.5. The summed E-state index contributed by atoms with van der Waals surface area (Å²) in [5.74, 6) is 0.409. The second-order valence-electron chi connectivity index (χ2n) is 14.3. The number of carbonyl (C=O) groups is 2. The predicted octanol–water partition coefficient (Wildman–Crippen LogP) is 7.30. The molecule has 6 nitrogen and oxygen atoms in total. The molecule has 1 aromatic carbocycles. The van der Waals surface area contributed by atoms with Crippen LogP contribution in [-0.2, 0) is 4.79 Å². The molecule has 2 aliphatic heterocycles. The van der Waals surface area contributed by atoms with Crippen molar-refractivity contribution >= 4 is 17.7 Å². The van der Waals surface area contributed by atoms with Crippen LogP contribution in [0.5, 0.6) is 0 Å². The third-order valence-corrected chi connectivity index (χ3v) is 9.28. The summed E-state index contributed by atoms with van der Waals surface area (Å²) in [5.41, 5.74) is 1.11. The minimum atomic E-state index is -0.929. The van der Waals surface area contributed by atoms with Crippen LogP contribution in [0.4, 0.5) is 0 Å². The average molecular weight is 524 g/mol. The van der Waals surface area contributed by atoms with Gasteiger partial charge in [-0.25, -0.2) is 9.79 Å². The zero-order valence-corrected chi connectivity index (χ0v) is 24.7. The first-order valence-electron chi connectivity index (χ1n) is 14.8. The molecule has 0 aromatic heterocycles. The molecular formula is C32H49N3O3. The minimum Gasteiger partial charge on any atom is -0.478 e. The minimum absolute atomic E-state index is 0.0641. The van der Waals surface area contributed by atoms with Crippen LogP contribution in [0.25, 0.3) is 0 Å². The number of benzene rings is 1. The lowest BCUT2D eigenvalue weighted by molar-refractivity contribution is -0.134. The van der Waals surface area contributed by atoms with Crippen molar-refractivity contribution in [3.63, 3.8) is 0 Å². The maximum Gasteiger partial charge on any atom is 0.335 e. The smallest absolute Gasteiger partial charge is 0.335 e. The maximum atomic E-state index is 14.5. The van der Waals surface area contributed by atoms with Crippen molar-refractivity contribution in [2.45, 2.75) is 124 Å². The summed E-state index contributed by atoms with van der Waals surface area (Å²) in [4.78, 5) is 35.8. The zero-order valence-electron chi connectivity index (χ0n) is 24.7. The zero-order chi connectivity index (χ0) is 27.9. The second-order valence-corrected chi connectivity index (χ2v) is 14.3. The standard InChI is InChI=1S/C32H49N3O3/c1-22-10-8-9-21-34(22)27-28(36)35(32(33-27)19-15-25(16-20-32)31(5,6)7)26(17-18-30(2,3)4)23-11-13-24(14-12-23)29(37)38/h11-14,22,25-26H,8-10,15-21H2,1-7H3,(H,37,38). The number of nitrogens with zero attached hydrogens (tertiary/aromatic N) is 3. The van der Waals surface area contributed by atoms with Gasteiger partial charge in [0.05, 0.1) is 11.6 Å². The lowest BCUT2D eigenvalue weighted by atomic mass is 9.69. The number of carboxylic acids is 1. The number of amides is 1. The van der Waals surface area contributed by atoms with Gasteiger partial charge >= 0.3 is 5.97 Å². The summed E-state index contributed by atoms with van der Waals surface area (Å²) in [6.07, 6.45) is 9.05. The number of aromatic carboxylic acids is 1. The number of amidine groups is 1. The third-order valence-electron chi connectivity index (χ3n) is 9.28. The van der Waals surface area contributed by atoms with Crippen LogP contribution in [0.15, 0.2) is 29.3 Å². The molecule has 2 atom stereocenters. The topological polar surface area (TPSA) is 73.2 Å². The average Bonchev–Trinajstić information content (AvgIpc) is 3.10. The van der Waals surface area contributed by atoms with Crippen LogP contribution in [0, 0.1) is 16.7 Å². The highest BCUT2D eigenvalue weighted by molar-refractivity contribution is 6.39. The molecule has 1 spiro atoms. The highest BCUT2D eigenvalue weighted by Crippen LogP contribution is 2.50. The fraction of sp³-hybridized carbons (Fsp3) is 0.719. The Hall–Kier alpha value is -2.37. The van der Waals surface area contributed by atoms with E-state index in [-0.39, 0.29) is 28.3 Å². The summed E-state index contributed by atoms with van der Waals surface area (Å²) in [6.45, 7) is 16.8. The Kier molecular flexibility index (Phi) is 8.03. The van der Waals surface area contributed by atoms with Crippen molar-refractivity contribution in [3.8, 4) is 0 Å². The molecule has 2 fully saturated rings. The van der Waals surface area contributed by atoms with Crippen LogP contribution in [-0.4, -0.2) is 50.9 Å². The first-order valence-corrected chi connectivity index (χ1v) is 14.8. The summed E-state index contributed by atoms with van der Waals surface area (Å²) >= 11 is 0. The fourth-order valence-corrected chi connectivity index (χ4v) is 6.79. The summed E-state index contributed by atoms with van der Waals surface area (Å²) in [5, 5.41) is 9.48. The van der Waals surface area contributed by atoms with Gasteiger partial charge < -0.3 is 14.9 Å². The number of hydrogen-bond donors (Lipinski definition) is 1. The van der Waals surface area contributed by atoms with E-state index in [1.807, 2.05) is 12.1 Å². The molecule has 1 aliphatic carbocycles. The van der Waals surface area contributed by atoms with Gasteiger partial charge in [-0.15, -0.1) is 0 Å². The Bertz CT molecular complexity index is 1040. The molecule has 3 aliphatic rings. The lowest BCUT2D eigenvalue weighted by Gasteiger charge is -2.47. The van der Waals surface area contributed by atoms with Crippen molar-refractivity contribution in [2.75, 3.05) is 6.54 Å². The largest absolute Gasteiger partial charge is 0.478 e. The quantitative estimate of drug-likeness (QED) is 0.439. The number of piperidine rings is 1. The van der Waals surface area contributed by atoms with Crippen LogP contribution in [0.1, 0.15) is 128 Å². The van der Waals surface area contributed by atoms with E-state index in [4.69, 9.17) is 4.99 Å². The summed E-state index contributed by atoms with van der Waals surface area (Å²) in [6, 6.07) is 7.37. The molecule has 0 radical (unpaired) electrons. The Morgan fingerprint density at radius 3 is 2.21 bits per heavy atom. The SMILES string of the molecule is CC1CCCCN1C1=NC2(CCC(C(C)(C)C)CC2)N(C(CCC(C)(C)C)c2ccc(C(=O)O)cc2)C1=O. The second kappa shape index (κ2) is 10.7. The number of likely N-dealkylation sites (tertiary alicyclic amines) is 1. The van der Waals surface area contributed by atoms with Crippen molar-refractivity contribution in [1.82, 2.24) is 9.80 Å². The molecule has 1 amide bonds. The van der Waals surface area contributed by atoms with Gasteiger partial charge in [0.2, 0.25) is 0 Å². The van der Waals surface area contributed by atoms with E-state index in [0.29, 0.717) is 17.8 Å². The molecule has 6 heteroatoms. The molecule has 1 saturated carbocycles. The Morgan fingerprint density at radius 1 is 1.05 bits per heavy atom. The first-order chi connectivity index (χ1) is 17.7. The summed E-state index contributed by atoms with van der Waals surface area (Å²) < 4.78 is 0. The van der Waals surface area contributed by atoms with E-state index in [1.54, 1.807) is 12.1 Å². The van der Waals surface area contributed by atoms with Crippen LogP contribution < -0.4 is 0 Å². The molecule has 1 aromatic rings. The van der Waals surface area contributed by atoms with Gasteiger partial charge in [0, 0.05) is 12.6 Å². The van der Waals surface area contributed by atoms with Gasteiger partial charge in [-0.3, -0.25) is 4.79 Å². The van der Waals surface area contributed by atoms with E-state index in [1.165, 1.54) is 6.42 Å². The number of aliphatic imine (C=N–C) groups is 1. The molecule has 2 unspecified atom stereocenters. The number of carbonyl (C=O) groups excluding carboxylic acids is 1. The first kappa shape index (κ1) is 28.6. The number of rotatable bonds is 5. The van der Waals surface area contributed by atoms with E-state index in [0.717, 1.165) is 63.5 Å². The molecule has 38 heavy (non-hydrogen) atoms. The molecule has 210 valence electrons. The van der Waals surface area contributed by atoms with Crippen molar-refractivity contribution in [1.29, 1.82) is 0 Å². The van der Waals surface area contributed by atoms with Crippen LogP contribution in [0.3, 0.4) is 0 Å². The normalized spacial score (nSPS) is 27.6. The van der Waals surface area contributed by atoms with Crippen LogP contribution in [0.2, 0.25) is 0 Å². The van der Waals surface area contributed by atoms with Gasteiger partial charge in [-0.1, -0.05) is 53.7 Å². The van der Waals surface area contributed by atoms with E-state index >= 15 is 0 Å². The summed E-state index contributed by atoms with van der Waals surface area (Å²) in [7, 11) is 0. The predicted molar refractivity (Wildman–Crippen MR) is 153 cm³/mol. The molecule has 1 saturated heterocycles. The van der Waals surface area contributed by atoms with Gasteiger partial charge in [0.25, 0.3) is 5.91 Å². The Labute approximate surface area is 229 Å². The van der Waals surface area contributed by atoms with Gasteiger partial charge in [-0.05, 0) is 99.2 Å². The van der Waals surface area contributed by atoms with Gasteiger partial charge in [-0.2, -0.15) is 0 Å². The molecule has 0 bridgehead atoms. The molecular weight excluding hydrogens is 474 g/mol. The third kappa shape index (κ3) is 5.94.